The molecule has 3 rings (SSSR count). The van der Waals surface area contributed by atoms with Gasteiger partial charge in [-0.05, 0) is 50.5 Å². The Morgan fingerprint density at radius 1 is 1.17 bits per heavy atom. The predicted molar refractivity (Wildman–Crippen MR) is 93.2 cm³/mol. The number of nitrogens with zero attached hydrogens (tertiary/aromatic N) is 3. The van der Waals surface area contributed by atoms with Crippen LogP contribution in [0.4, 0.5) is 5.69 Å². The number of benzene rings is 1. The maximum absolute atomic E-state index is 12.2. The van der Waals surface area contributed by atoms with E-state index in [1.54, 1.807) is 11.3 Å². The lowest BCUT2D eigenvalue weighted by Crippen LogP contribution is -2.29. The number of piperidine rings is 1. The van der Waals surface area contributed by atoms with Crippen LogP contribution < -0.4 is 10.2 Å². The first-order chi connectivity index (χ1) is 11.2. The van der Waals surface area contributed by atoms with E-state index in [9.17, 15) is 4.79 Å². The Balaban J connectivity index is 1.50. The normalized spacial score (nSPS) is 14.7. The van der Waals surface area contributed by atoms with Crippen LogP contribution in [0.25, 0.3) is 0 Å². The van der Waals surface area contributed by atoms with E-state index < -0.39 is 0 Å². The minimum absolute atomic E-state index is 0.0311. The van der Waals surface area contributed by atoms with Crippen LogP contribution in [0.15, 0.2) is 24.3 Å². The van der Waals surface area contributed by atoms with Gasteiger partial charge in [-0.15, -0.1) is 21.5 Å². The molecule has 1 aliphatic rings. The molecule has 1 aliphatic heterocycles. The first-order valence-corrected chi connectivity index (χ1v) is 8.96. The second-order valence-electron chi connectivity index (χ2n) is 5.82. The average Bonchev–Trinajstić information content (AvgIpc) is 3.01. The Morgan fingerprint density at radius 2 is 1.91 bits per heavy atom. The van der Waals surface area contributed by atoms with Crippen molar-refractivity contribution in [3.8, 4) is 0 Å². The molecule has 0 atom stereocenters. The van der Waals surface area contributed by atoms with E-state index in [0.29, 0.717) is 12.1 Å². The molecule has 0 unspecified atom stereocenters. The number of anilines is 1. The number of aromatic nitrogens is 2. The minimum Gasteiger partial charge on any atom is -0.372 e. The van der Waals surface area contributed by atoms with Crippen molar-refractivity contribution in [1.82, 2.24) is 15.5 Å². The lowest BCUT2D eigenvalue weighted by Gasteiger charge is -2.28. The molecular weight excluding hydrogens is 308 g/mol. The zero-order chi connectivity index (χ0) is 16.1. The highest BCUT2D eigenvalue weighted by Gasteiger charge is 2.12. The third kappa shape index (κ3) is 4.28. The number of amides is 1. The monoisotopic (exact) mass is 330 g/mol. The predicted octanol–water partition coefficient (Wildman–Crippen LogP) is 2.81. The van der Waals surface area contributed by atoms with Crippen molar-refractivity contribution in [3.05, 3.63) is 39.8 Å². The van der Waals surface area contributed by atoms with Crippen LogP contribution in [0.1, 0.15) is 39.6 Å². The first-order valence-electron chi connectivity index (χ1n) is 8.14. The second-order valence-corrected chi connectivity index (χ2v) is 7.08. The molecule has 2 heterocycles. The van der Waals surface area contributed by atoms with Gasteiger partial charge in [0.05, 0.1) is 0 Å². The van der Waals surface area contributed by atoms with Gasteiger partial charge < -0.3 is 10.2 Å². The number of hydrogen-bond donors (Lipinski definition) is 1. The molecule has 23 heavy (non-hydrogen) atoms. The average molecular weight is 330 g/mol. The zero-order valence-electron chi connectivity index (χ0n) is 13.4. The number of nitrogens with one attached hydrogen (secondary N) is 1. The molecule has 122 valence electrons. The van der Waals surface area contributed by atoms with Gasteiger partial charge in [0.2, 0.25) is 0 Å². The van der Waals surface area contributed by atoms with Crippen LogP contribution >= 0.6 is 11.3 Å². The highest BCUT2D eigenvalue weighted by molar-refractivity contribution is 7.11. The number of hydrogen-bond acceptors (Lipinski definition) is 5. The molecule has 1 fully saturated rings. The van der Waals surface area contributed by atoms with Gasteiger partial charge in [-0.25, -0.2) is 0 Å². The van der Waals surface area contributed by atoms with E-state index in [-0.39, 0.29) is 5.91 Å². The maximum atomic E-state index is 12.2. The van der Waals surface area contributed by atoms with Crippen molar-refractivity contribution in [2.45, 2.75) is 32.6 Å². The molecule has 2 aromatic rings. The van der Waals surface area contributed by atoms with Gasteiger partial charge in [0.25, 0.3) is 5.91 Å². The minimum atomic E-state index is -0.0311. The molecule has 1 N–H and O–H groups in total. The standard InChI is InChI=1S/C17H22N4OS/c1-13-19-20-16(23-13)9-10-18-17(22)14-5-7-15(8-6-14)21-11-3-2-4-12-21/h5-8H,2-4,9-12H2,1H3,(H,18,22). The van der Waals surface area contributed by atoms with E-state index in [0.717, 1.165) is 29.5 Å². The summed E-state index contributed by atoms with van der Waals surface area (Å²) in [5, 5.41) is 12.9. The SMILES string of the molecule is Cc1nnc(CCNC(=O)c2ccc(N3CCCCC3)cc2)s1. The van der Waals surface area contributed by atoms with Gasteiger partial charge in [0.15, 0.2) is 0 Å². The fourth-order valence-corrected chi connectivity index (χ4v) is 3.51. The molecule has 0 radical (unpaired) electrons. The van der Waals surface area contributed by atoms with Crippen LogP contribution in [0, 0.1) is 6.92 Å². The third-order valence-electron chi connectivity index (χ3n) is 4.04. The summed E-state index contributed by atoms with van der Waals surface area (Å²) < 4.78 is 0. The van der Waals surface area contributed by atoms with E-state index in [2.05, 4.69) is 20.4 Å². The molecule has 0 saturated carbocycles. The molecule has 1 aromatic carbocycles. The van der Waals surface area contributed by atoms with E-state index in [1.807, 2.05) is 31.2 Å². The van der Waals surface area contributed by atoms with Crippen molar-refractivity contribution in [2.75, 3.05) is 24.5 Å². The van der Waals surface area contributed by atoms with E-state index >= 15 is 0 Å². The van der Waals surface area contributed by atoms with Crippen LogP contribution in [-0.2, 0) is 6.42 Å². The first kappa shape index (κ1) is 15.9. The second kappa shape index (κ2) is 7.55. The summed E-state index contributed by atoms with van der Waals surface area (Å²) >= 11 is 1.57. The Hall–Kier alpha value is -1.95. The van der Waals surface area contributed by atoms with Crippen molar-refractivity contribution >= 4 is 22.9 Å². The largest absolute Gasteiger partial charge is 0.372 e. The zero-order valence-corrected chi connectivity index (χ0v) is 14.2. The Kier molecular flexibility index (Phi) is 5.23. The van der Waals surface area contributed by atoms with Crippen molar-refractivity contribution in [1.29, 1.82) is 0 Å². The molecule has 0 aliphatic carbocycles. The summed E-state index contributed by atoms with van der Waals surface area (Å²) in [5.41, 5.74) is 1.92. The molecule has 1 saturated heterocycles. The van der Waals surface area contributed by atoms with Gasteiger partial charge >= 0.3 is 0 Å². The number of carbonyl (C=O) groups excluding carboxylic acids is 1. The van der Waals surface area contributed by atoms with E-state index in [1.165, 1.54) is 24.9 Å². The van der Waals surface area contributed by atoms with Gasteiger partial charge in [0.1, 0.15) is 10.0 Å². The number of aryl methyl sites for hydroxylation is 1. The van der Waals surface area contributed by atoms with Crippen molar-refractivity contribution < 1.29 is 4.79 Å². The Labute approximate surface area is 140 Å². The van der Waals surface area contributed by atoms with Crippen LogP contribution in [0.2, 0.25) is 0 Å². The smallest absolute Gasteiger partial charge is 0.251 e. The molecule has 1 amide bonds. The summed E-state index contributed by atoms with van der Waals surface area (Å²) in [4.78, 5) is 14.6. The highest BCUT2D eigenvalue weighted by Crippen LogP contribution is 2.20. The lowest BCUT2D eigenvalue weighted by atomic mass is 10.1. The van der Waals surface area contributed by atoms with E-state index in [4.69, 9.17) is 0 Å². The van der Waals surface area contributed by atoms with Crippen LogP contribution in [-0.4, -0.2) is 35.7 Å². The van der Waals surface area contributed by atoms with Gasteiger partial charge in [-0.3, -0.25) is 4.79 Å². The lowest BCUT2D eigenvalue weighted by molar-refractivity contribution is 0.0954. The van der Waals surface area contributed by atoms with Crippen LogP contribution in [0.5, 0.6) is 0 Å². The molecule has 0 spiro atoms. The fourth-order valence-electron chi connectivity index (χ4n) is 2.80. The molecular formula is C17H22N4OS. The van der Waals surface area contributed by atoms with Gasteiger partial charge in [0, 0.05) is 37.3 Å². The maximum Gasteiger partial charge on any atom is 0.251 e. The Bertz CT molecular complexity index is 647. The van der Waals surface area contributed by atoms with Crippen molar-refractivity contribution in [3.63, 3.8) is 0 Å². The molecule has 0 bridgehead atoms. The molecule has 1 aromatic heterocycles. The number of rotatable bonds is 5. The topological polar surface area (TPSA) is 58.1 Å². The molecule has 6 heteroatoms. The molecule has 5 nitrogen and oxygen atoms in total. The number of carbonyl (C=O) groups is 1. The Morgan fingerprint density at radius 3 is 2.57 bits per heavy atom. The summed E-state index contributed by atoms with van der Waals surface area (Å²) in [6.45, 7) is 4.75. The highest BCUT2D eigenvalue weighted by atomic mass is 32.1. The summed E-state index contributed by atoms with van der Waals surface area (Å²) in [5.74, 6) is -0.0311. The van der Waals surface area contributed by atoms with Gasteiger partial charge in [-0.1, -0.05) is 0 Å². The summed E-state index contributed by atoms with van der Waals surface area (Å²) in [6.07, 6.45) is 4.56. The van der Waals surface area contributed by atoms with Crippen LogP contribution in [0.3, 0.4) is 0 Å². The summed E-state index contributed by atoms with van der Waals surface area (Å²) in [6, 6.07) is 7.92. The summed E-state index contributed by atoms with van der Waals surface area (Å²) in [7, 11) is 0. The van der Waals surface area contributed by atoms with Crippen molar-refractivity contribution in [2.24, 2.45) is 0 Å². The quantitative estimate of drug-likeness (QED) is 0.916. The fraction of sp³-hybridized carbons (Fsp3) is 0.471. The van der Waals surface area contributed by atoms with Gasteiger partial charge in [-0.2, -0.15) is 0 Å². The third-order valence-corrected chi connectivity index (χ3v) is 4.94.